The molecule has 0 radical (unpaired) electrons. The maximum absolute atomic E-state index is 12.7. The summed E-state index contributed by atoms with van der Waals surface area (Å²) in [6.07, 6.45) is 40.8. The lowest BCUT2D eigenvalue weighted by Crippen LogP contribution is -2.30. The highest BCUT2D eigenvalue weighted by Crippen LogP contribution is 2.16. The van der Waals surface area contributed by atoms with Crippen LogP contribution < -0.4 is 0 Å². The van der Waals surface area contributed by atoms with Gasteiger partial charge < -0.3 is 14.2 Å². The number of carbonyl (C=O) groups excluding carboxylic acids is 3. The predicted molar refractivity (Wildman–Crippen MR) is 224 cm³/mol. The summed E-state index contributed by atoms with van der Waals surface area (Å²) in [7, 11) is 0. The molecule has 53 heavy (non-hydrogen) atoms. The monoisotopic (exact) mass is 751 g/mol. The molecule has 0 aliphatic heterocycles. The van der Waals surface area contributed by atoms with Crippen LogP contribution in [-0.4, -0.2) is 37.2 Å². The van der Waals surface area contributed by atoms with Crippen LogP contribution in [0.2, 0.25) is 0 Å². The average Bonchev–Trinajstić information content (AvgIpc) is 3.14. The minimum absolute atomic E-state index is 0.0637. The summed E-state index contributed by atoms with van der Waals surface area (Å²) in [5.74, 6) is -0.0374. The molecule has 6 heteroatoms. The SMILES string of the molecule is CCCCCCCCCCCCCCC(=O)OC[C@@H](COC(=O)CCCCCCCCCCCC)OC(=O)CCCCCCCCCCCCC(C)C. The molecule has 0 saturated carbocycles. The molecule has 0 aromatic heterocycles. The van der Waals surface area contributed by atoms with Crippen LogP contribution >= 0.6 is 0 Å². The molecule has 6 nitrogen and oxygen atoms in total. The molecule has 0 aromatic carbocycles. The van der Waals surface area contributed by atoms with Crippen molar-refractivity contribution >= 4 is 17.9 Å². The molecule has 0 bridgehead atoms. The lowest BCUT2D eigenvalue weighted by Gasteiger charge is -2.18. The maximum atomic E-state index is 12.7. The fourth-order valence-electron chi connectivity index (χ4n) is 6.98. The van der Waals surface area contributed by atoms with Crippen LogP contribution in [0.3, 0.4) is 0 Å². The van der Waals surface area contributed by atoms with Crippen LogP contribution in [0.4, 0.5) is 0 Å². The Morgan fingerprint density at radius 2 is 0.623 bits per heavy atom. The molecular formula is C47H90O6. The van der Waals surface area contributed by atoms with Crippen LogP contribution in [0, 0.1) is 5.92 Å². The summed E-state index contributed by atoms with van der Waals surface area (Å²) < 4.78 is 16.7. The summed E-state index contributed by atoms with van der Waals surface area (Å²) in [6.45, 7) is 8.98. The molecule has 0 amide bonds. The second kappa shape index (κ2) is 41.6. The van der Waals surface area contributed by atoms with Gasteiger partial charge in [-0.1, -0.05) is 220 Å². The van der Waals surface area contributed by atoms with E-state index in [-0.39, 0.29) is 31.1 Å². The lowest BCUT2D eigenvalue weighted by atomic mass is 10.0. The van der Waals surface area contributed by atoms with E-state index in [4.69, 9.17) is 14.2 Å². The van der Waals surface area contributed by atoms with Crippen molar-refractivity contribution < 1.29 is 28.6 Å². The topological polar surface area (TPSA) is 78.9 Å². The van der Waals surface area contributed by atoms with Crippen LogP contribution in [0.1, 0.15) is 259 Å². The summed E-state index contributed by atoms with van der Waals surface area (Å²) in [6, 6.07) is 0. The van der Waals surface area contributed by atoms with Crippen molar-refractivity contribution in [2.24, 2.45) is 5.92 Å². The Morgan fingerprint density at radius 3 is 0.925 bits per heavy atom. The van der Waals surface area contributed by atoms with Gasteiger partial charge >= 0.3 is 17.9 Å². The minimum Gasteiger partial charge on any atom is -0.462 e. The minimum atomic E-state index is -0.759. The third kappa shape index (κ3) is 41.4. The number of hydrogen-bond acceptors (Lipinski definition) is 6. The van der Waals surface area contributed by atoms with Gasteiger partial charge in [-0.2, -0.15) is 0 Å². The molecule has 314 valence electrons. The number of esters is 3. The molecule has 0 aliphatic carbocycles. The molecular weight excluding hydrogens is 661 g/mol. The van der Waals surface area contributed by atoms with E-state index in [1.54, 1.807) is 0 Å². The Balaban J connectivity index is 4.32. The number of ether oxygens (including phenoxy) is 3. The fourth-order valence-corrected chi connectivity index (χ4v) is 6.98. The average molecular weight is 751 g/mol. The highest BCUT2D eigenvalue weighted by Gasteiger charge is 2.19. The highest BCUT2D eigenvalue weighted by atomic mass is 16.6. The zero-order chi connectivity index (χ0) is 38.9. The van der Waals surface area contributed by atoms with Crippen molar-refractivity contribution in [1.82, 2.24) is 0 Å². The smallest absolute Gasteiger partial charge is 0.306 e. The van der Waals surface area contributed by atoms with Gasteiger partial charge in [0.15, 0.2) is 6.10 Å². The molecule has 0 unspecified atom stereocenters. The Labute approximate surface area is 329 Å². The summed E-state index contributed by atoms with van der Waals surface area (Å²) in [5, 5.41) is 0. The summed E-state index contributed by atoms with van der Waals surface area (Å²) >= 11 is 0. The summed E-state index contributed by atoms with van der Waals surface area (Å²) in [4.78, 5) is 37.7. The van der Waals surface area contributed by atoms with Gasteiger partial charge in [0.2, 0.25) is 0 Å². The Morgan fingerprint density at radius 1 is 0.358 bits per heavy atom. The van der Waals surface area contributed by atoms with Gasteiger partial charge in [0.25, 0.3) is 0 Å². The molecule has 0 spiro atoms. The van der Waals surface area contributed by atoms with E-state index in [1.807, 2.05) is 0 Å². The van der Waals surface area contributed by atoms with Crippen molar-refractivity contribution in [1.29, 1.82) is 0 Å². The quantitative estimate of drug-likeness (QED) is 0.0351. The van der Waals surface area contributed by atoms with Crippen molar-refractivity contribution in [2.45, 2.75) is 265 Å². The van der Waals surface area contributed by atoms with E-state index < -0.39 is 6.10 Å². The van der Waals surface area contributed by atoms with E-state index in [9.17, 15) is 14.4 Å². The van der Waals surface area contributed by atoms with E-state index in [0.29, 0.717) is 19.3 Å². The van der Waals surface area contributed by atoms with Crippen molar-refractivity contribution in [3.05, 3.63) is 0 Å². The van der Waals surface area contributed by atoms with Gasteiger partial charge in [-0.25, -0.2) is 0 Å². The Bertz CT molecular complexity index is 796. The van der Waals surface area contributed by atoms with Crippen molar-refractivity contribution in [2.75, 3.05) is 13.2 Å². The van der Waals surface area contributed by atoms with Gasteiger partial charge in [0.05, 0.1) is 0 Å². The van der Waals surface area contributed by atoms with Crippen LogP contribution in [0.15, 0.2) is 0 Å². The first-order chi connectivity index (χ1) is 25.9. The second-order valence-electron chi connectivity index (χ2n) is 16.5. The predicted octanol–water partition coefficient (Wildman–Crippen LogP) is 14.7. The molecule has 0 heterocycles. The Kier molecular flexibility index (Phi) is 40.3. The van der Waals surface area contributed by atoms with Crippen molar-refractivity contribution in [3.8, 4) is 0 Å². The third-order valence-electron chi connectivity index (χ3n) is 10.5. The fraction of sp³-hybridized carbons (Fsp3) is 0.936. The number of rotatable bonds is 42. The normalized spacial score (nSPS) is 11.9. The lowest BCUT2D eigenvalue weighted by molar-refractivity contribution is -0.167. The molecule has 0 aliphatic rings. The molecule has 0 aromatic rings. The Hall–Kier alpha value is -1.59. The zero-order valence-corrected chi connectivity index (χ0v) is 36.0. The summed E-state index contributed by atoms with van der Waals surface area (Å²) in [5.41, 5.74) is 0. The molecule has 0 saturated heterocycles. The first kappa shape index (κ1) is 51.4. The van der Waals surface area contributed by atoms with Gasteiger partial charge in [-0.3, -0.25) is 14.4 Å². The maximum Gasteiger partial charge on any atom is 0.306 e. The standard InChI is InChI=1S/C47H90O6/c1-5-7-9-11-13-15-17-18-23-27-31-35-39-46(49)52-42-44(41-51-45(48)38-34-30-26-22-16-14-12-10-8-6-2)53-47(50)40-36-32-28-24-20-19-21-25-29-33-37-43(3)4/h43-44H,5-42H2,1-4H3/t44-/m1/s1. The van der Waals surface area contributed by atoms with E-state index >= 15 is 0 Å². The molecule has 0 N–H and O–H groups in total. The van der Waals surface area contributed by atoms with Crippen LogP contribution in [0.5, 0.6) is 0 Å². The van der Waals surface area contributed by atoms with E-state index in [0.717, 1.165) is 63.7 Å². The number of carbonyl (C=O) groups is 3. The zero-order valence-electron chi connectivity index (χ0n) is 36.0. The third-order valence-corrected chi connectivity index (χ3v) is 10.5. The largest absolute Gasteiger partial charge is 0.462 e. The first-order valence-electron chi connectivity index (χ1n) is 23.4. The molecule has 1 atom stereocenters. The van der Waals surface area contributed by atoms with Crippen LogP contribution in [0.25, 0.3) is 0 Å². The van der Waals surface area contributed by atoms with Crippen LogP contribution in [-0.2, 0) is 28.6 Å². The number of hydrogen-bond donors (Lipinski definition) is 0. The first-order valence-corrected chi connectivity index (χ1v) is 23.4. The van der Waals surface area contributed by atoms with Gasteiger partial charge in [0.1, 0.15) is 13.2 Å². The van der Waals surface area contributed by atoms with Gasteiger partial charge in [-0.15, -0.1) is 0 Å². The molecule has 0 fully saturated rings. The molecule has 0 rings (SSSR count). The van der Waals surface area contributed by atoms with Gasteiger partial charge in [0, 0.05) is 19.3 Å². The van der Waals surface area contributed by atoms with Crippen molar-refractivity contribution in [3.63, 3.8) is 0 Å². The van der Waals surface area contributed by atoms with E-state index in [2.05, 4.69) is 27.7 Å². The second-order valence-corrected chi connectivity index (χ2v) is 16.5. The van der Waals surface area contributed by atoms with E-state index in [1.165, 1.54) is 154 Å². The number of unbranched alkanes of at least 4 members (excludes halogenated alkanes) is 29. The van der Waals surface area contributed by atoms with Gasteiger partial charge in [-0.05, 0) is 25.2 Å². The highest BCUT2D eigenvalue weighted by molar-refractivity contribution is 5.71.